The van der Waals surface area contributed by atoms with Crippen LogP contribution >= 0.6 is 0 Å². The average molecular weight is 302 g/mol. The molecule has 0 atom stereocenters. The number of rotatable bonds is 6. The number of hydrogen-bond acceptors (Lipinski definition) is 2. The van der Waals surface area contributed by atoms with Crippen molar-refractivity contribution in [1.29, 1.82) is 0 Å². The van der Waals surface area contributed by atoms with Crippen molar-refractivity contribution in [2.45, 2.75) is 6.42 Å². The van der Waals surface area contributed by atoms with Gasteiger partial charge in [-0.25, -0.2) is 0 Å². The molecule has 1 N–H and O–H groups in total. The van der Waals surface area contributed by atoms with Crippen molar-refractivity contribution in [3.05, 3.63) is 35.9 Å². The highest BCUT2D eigenvalue weighted by molar-refractivity contribution is 5.96. The Kier molecular flexibility index (Phi) is 7.27. The summed E-state index contributed by atoms with van der Waals surface area (Å²) >= 11 is 0. The van der Waals surface area contributed by atoms with E-state index in [0.29, 0.717) is 11.0 Å². The quantitative estimate of drug-likeness (QED) is 0.504. The van der Waals surface area contributed by atoms with Gasteiger partial charge in [0.25, 0.3) is 0 Å². The minimum absolute atomic E-state index is 0. The molecule has 1 aromatic rings. The van der Waals surface area contributed by atoms with Crippen LogP contribution in [0, 0.1) is 0 Å². The molecule has 17 heavy (non-hydrogen) atoms. The number of benzene rings is 1. The number of ketones is 1. The maximum atomic E-state index is 11.9. The maximum Gasteiger partial charge on any atom is 0.216 e. The first-order valence-corrected chi connectivity index (χ1v) is 5.56. The SMILES string of the molecule is C[N+](C)(CCCO)CC(=O)c1ccccc1.[Br-]. The van der Waals surface area contributed by atoms with Crippen LogP contribution in [0.4, 0.5) is 0 Å². The van der Waals surface area contributed by atoms with Gasteiger partial charge in [-0.1, -0.05) is 30.3 Å². The van der Waals surface area contributed by atoms with E-state index >= 15 is 0 Å². The zero-order valence-corrected chi connectivity index (χ0v) is 12.0. The molecule has 4 heteroatoms. The fraction of sp³-hybridized carbons (Fsp3) is 0.462. The lowest BCUT2D eigenvalue weighted by Crippen LogP contribution is -3.00. The van der Waals surface area contributed by atoms with Crippen LogP contribution in [0.3, 0.4) is 0 Å². The lowest BCUT2D eigenvalue weighted by Gasteiger charge is -2.28. The molecule has 0 saturated carbocycles. The molecule has 3 nitrogen and oxygen atoms in total. The van der Waals surface area contributed by atoms with E-state index in [0.717, 1.165) is 18.5 Å². The van der Waals surface area contributed by atoms with Crippen LogP contribution in [0.2, 0.25) is 0 Å². The van der Waals surface area contributed by atoms with Crippen molar-refractivity contribution in [2.75, 3.05) is 33.8 Å². The van der Waals surface area contributed by atoms with Crippen LogP contribution in [0.15, 0.2) is 30.3 Å². The van der Waals surface area contributed by atoms with E-state index in [1.165, 1.54) is 0 Å². The number of quaternary nitrogens is 1. The molecule has 0 bridgehead atoms. The van der Waals surface area contributed by atoms with Gasteiger partial charge in [0.15, 0.2) is 0 Å². The van der Waals surface area contributed by atoms with Crippen molar-refractivity contribution < 1.29 is 31.4 Å². The second-order valence-electron chi connectivity index (χ2n) is 4.68. The number of hydrogen-bond donors (Lipinski definition) is 1. The van der Waals surface area contributed by atoms with E-state index in [9.17, 15) is 4.79 Å². The summed E-state index contributed by atoms with van der Waals surface area (Å²) in [7, 11) is 4.02. The van der Waals surface area contributed by atoms with E-state index in [2.05, 4.69) is 0 Å². The van der Waals surface area contributed by atoms with Crippen molar-refractivity contribution in [2.24, 2.45) is 0 Å². The molecule has 0 heterocycles. The van der Waals surface area contributed by atoms with Gasteiger partial charge in [0.1, 0.15) is 6.54 Å². The van der Waals surface area contributed by atoms with Gasteiger partial charge in [-0.2, -0.15) is 0 Å². The van der Waals surface area contributed by atoms with Gasteiger partial charge in [-0.05, 0) is 0 Å². The predicted octanol–water partition coefficient (Wildman–Crippen LogP) is -1.67. The van der Waals surface area contributed by atoms with Gasteiger partial charge < -0.3 is 26.6 Å². The Labute approximate surface area is 113 Å². The van der Waals surface area contributed by atoms with E-state index in [1.54, 1.807) is 0 Å². The van der Waals surface area contributed by atoms with E-state index < -0.39 is 0 Å². The van der Waals surface area contributed by atoms with Gasteiger partial charge in [0.05, 0.1) is 20.6 Å². The van der Waals surface area contributed by atoms with Crippen molar-refractivity contribution >= 4 is 5.78 Å². The molecule has 0 aliphatic heterocycles. The summed E-state index contributed by atoms with van der Waals surface area (Å²) in [4.78, 5) is 11.9. The molecule has 0 amide bonds. The molecule has 0 unspecified atom stereocenters. The number of likely N-dealkylation sites (N-methyl/N-ethyl adjacent to an activating group) is 1. The number of carbonyl (C=O) groups is 1. The number of carbonyl (C=O) groups excluding carboxylic acids is 1. The molecule has 1 rings (SSSR count). The average Bonchev–Trinajstić information content (AvgIpc) is 2.27. The van der Waals surface area contributed by atoms with Crippen LogP contribution in [0.1, 0.15) is 16.8 Å². The molecule has 0 fully saturated rings. The first kappa shape index (κ1) is 16.3. The molecular weight excluding hydrogens is 282 g/mol. The third-order valence-electron chi connectivity index (χ3n) is 2.59. The molecule has 0 aliphatic rings. The fourth-order valence-electron chi connectivity index (χ4n) is 1.68. The molecule has 0 aliphatic carbocycles. The highest BCUT2D eigenvalue weighted by Crippen LogP contribution is 2.06. The lowest BCUT2D eigenvalue weighted by atomic mass is 10.1. The highest BCUT2D eigenvalue weighted by Gasteiger charge is 2.20. The summed E-state index contributed by atoms with van der Waals surface area (Å²) in [6.45, 7) is 1.47. The first-order valence-electron chi connectivity index (χ1n) is 5.56. The van der Waals surface area contributed by atoms with Crippen LogP contribution in [0.5, 0.6) is 0 Å². The summed E-state index contributed by atoms with van der Waals surface area (Å²) in [5, 5.41) is 8.79. The number of aliphatic hydroxyl groups excluding tert-OH is 1. The van der Waals surface area contributed by atoms with Crippen molar-refractivity contribution in [3.8, 4) is 0 Å². The Morgan fingerprint density at radius 2 is 1.82 bits per heavy atom. The summed E-state index contributed by atoms with van der Waals surface area (Å²) < 4.78 is 0.619. The lowest BCUT2D eigenvalue weighted by molar-refractivity contribution is -0.882. The van der Waals surface area contributed by atoms with Crippen molar-refractivity contribution in [1.82, 2.24) is 0 Å². The fourth-order valence-corrected chi connectivity index (χ4v) is 1.68. The van der Waals surface area contributed by atoms with Crippen molar-refractivity contribution in [3.63, 3.8) is 0 Å². The molecule has 0 spiro atoms. The van der Waals surface area contributed by atoms with Gasteiger partial charge in [0, 0.05) is 18.6 Å². The van der Waals surface area contributed by atoms with Gasteiger partial charge in [-0.15, -0.1) is 0 Å². The largest absolute Gasteiger partial charge is 1.00 e. The first-order chi connectivity index (χ1) is 7.55. The standard InChI is InChI=1S/C13H20NO2.BrH/c1-14(2,9-6-10-15)11-13(16)12-7-4-3-5-8-12;/h3-5,7-8,15H,6,9-11H2,1-2H3;1H/q+1;/p-1. The number of aliphatic hydroxyl groups is 1. The van der Waals surface area contributed by atoms with E-state index in [-0.39, 0.29) is 29.4 Å². The summed E-state index contributed by atoms with van der Waals surface area (Å²) in [6.07, 6.45) is 0.731. The minimum atomic E-state index is 0. The van der Waals surface area contributed by atoms with Crippen LogP contribution < -0.4 is 17.0 Å². The van der Waals surface area contributed by atoms with Gasteiger partial charge in [-0.3, -0.25) is 4.79 Å². The number of Topliss-reactive ketones (excluding diaryl/α,β-unsaturated/α-hetero) is 1. The molecule has 1 aromatic carbocycles. The molecule has 0 radical (unpaired) electrons. The Hall–Kier alpha value is -0.710. The van der Waals surface area contributed by atoms with Crippen LogP contribution in [0.25, 0.3) is 0 Å². The van der Waals surface area contributed by atoms with Gasteiger partial charge in [0.2, 0.25) is 5.78 Å². The maximum absolute atomic E-state index is 11.9. The number of halogens is 1. The second kappa shape index (κ2) is 7.58. The zero-order valence-electron chi connectivity index (χ0n) is 10.4. The summed E-state index contributed by atoms with van der Waals surface area (Å²) in [5.41, 5.74) is 0.762. The molecule has 0 saturated heterocycles. The molecule has 0 aromatic heterocycles. The zero-order chi connectivity index (χ0) is 12.0. The third kappa shape index (κ3) is 5.96. The van der Waals surface area contributed by atoms with Crippen LogP contribution in [-0.2, 0) is 0 Å². The molecule has 96 valence electrons. The summed E-state index contributed by atoms with van der Waals surface area (Å²) in [6, 6.07) is 9.34. The second-order valence-corrected chi connectivity index (χ2v) is 4.68. The Bertz CT molecular complexity index is 339. The predicted molar refractivity (Wildman–Crippen MR) is 64.3 cm³/mol. The monoisotopic (exact) mass is 301 g/mol. The van der Waals surface area contributed by atoms with Gasteiger partial charge >= 0.3 is 0 Å². The van der Waals surface area contributed by atoms with Crippen LogP contribution in [-0.4, -0.2) is 49.2 Å². The smallest absolute Gasteiger partial charge is 0.216 e. The number of nitrogens with zero attached hydrogens (tertiary/aromatic N) is 1. The Balaban J connectivity index is 0.00000256. The Morgan fingerprint density at radius 1 is 1.24 bits per heavy atom. The normalized spacial score (nSPS) is 10.8. The van der Waals surface area contributed by atoms with E-state index in [4.69, 9.17) is 5.11 Å². The topological polar surface area (TPSA) is 37.3 Å². The minimum Gasteiger partial charge on any atom is -1.00 e. The molecular formula is C13H20BrNO2. The van der Waals surface area contributed by atoms with E-state index in [1.807, 2.05) is 44.4 Å². The summed E-state index contributed by atoms with van der Waals surface area (Å²) in [5.74, 6) is 0.156. The Morgan fingerprint density at radius 3 is 2.35 bits per heavy atom. The highest BCUT2D eigenvalue weighted by atomic mass is 79.9. The third-order valence-corrected chi connectivity index (χ3v) is 2.59.